The van der Waals surface area contributed by atoms with Crippen LogP contribution >= 0.6 is 0 Å². The Hall–Kier alpha value is -1.21. The topological polar surface area (TPSA) is 84.2 Å². The van der Waals surface area contributed by atoms with Crippen LogP contribution in [0.5, 0.6) is 0 Å². The Morgan fingerprint density at radius 2 is 1.73 bits per heavy atom. The molecule has 0 saturated heterocycles. The van der Waals surface area contributed by atoms with Gasteiger partial charge < -0.3 is 11.1 Å². The van der Waals surface area contributed by atoms with Crippen molar-refractivity contribution < 1.29 is 8.42 Å². The maximum absolute atomic E-state index is 11.0. The summed E-state index contributed by atoms with van der Waals surface area (Å²) in [6.07, 6.45) is 1.36. The fraction of sp³-hybridized carbons (Fsp3) is 0.500. The molecule has 0 aliphatic rings. The molecule has 0 unspecified atom stereocenters. The van der Waals surface area contributed by atoms with Gasteiger partial charge in [-0.3, -0.25) is 0 Å². The third-order valence-corrected chi connectivity index (χ3v) is 4.48. The molecular formula is C16H29N3O2S. The Bertz CT molecular complexity index is 522. The highest BCUT2D eigenvalue weighted by Gasteiger charge is 2.04. The van der Waals surface area contributed by atoms with Gasteiger partial charge in [0.2, 0.25) is 10.0 Å². The minimum atomic E-state index is -3.16. The fourth-order valence-electron chi connectivity index (χ4n) is 1.63. The monoisotopic (exact) mass is 327 g/mol. The zero-order chi connectivity index (χ0) is 17.0. The lowest BCUT2D eigenvalue weighted by Gasteiger charge is -2.04. The molecule has 1 aromatic carbocycles. The van der Waals surface area contributed by atoms with Gasteiger partial charge in [0.15, 0.2) is 0 Å². The Labute approximate surface area is 135 Å². The molecule has 0 saturated carbocycles. The molecule has 0 amide bonds. The Morgan fingerprint density at radius 3 is 2.18 bits per heavy atom. The van der Waals surface area contributed by atoms with Crippen LogP contribution in [0.3, 0.4) is 0 Å². The Kier molecular flexibility index (Phi) is 10.7. The minimum absolute atomic E-state index is 0.0378. The van der Waals surface area contributed by atoms with Crippen LogP contribution in [-0.2, 0) is 10.0 Å². The molecule has 0 atom stereocenters. The molecule has 0 heterocycles. The number of sulfonamides is 1. The zero-order valence-electron chi connectivity index (χ0n) is 13.9. The largest absolute Gasteiger partial charge is 0.329 e. The van der Waals surface area contributed by atoms with E-state index in [0.717, 1.165) is 0 Å². The van der Waals surface area contributed by atoms with Gasteiger partial charge in [-0.15, -0.1) is 6.58 Å². The van der Waals surface area contributed by atoms with Gasteiger partial charge in [-0.05, 0) is 37.5 Å². The first-order valence-electron chi connectivity index (χ1n) is 7.36. The van der Waals surface area contributed by atoms with Crippen molar-refractivity contribution in [3.8, 4) is 0 Å². The van der Waals surface area contributed by atoms with Gasteiger partial charge in [-0.1, -0.05) is 24.3 Å². The van der Waals surface area contributed by atoms with Gasteiger partial charge in [-0.25, -0.2) is 13.1 Å². The molecule has 22 heavy (non-hydrogen) atoms. The van der Waals surface area contributed by atoms with Crippen LogP contribution in [0, 0.1) is 20.8 Å². The maximum atomic E-state index is 11.0. The van der Waals surface area contributed by atoms with Gasteiger partial charge in [0.05, 0.1) is 5.75 Å². The first-order valence-corrected chi connectivity index (χ1v) is 9.01. The van der Waals surface area contributed by atoms with Crippen molar-refractivity contribution in [1.82, 2.24) is 10.0 Å². The number of hydrogen-bond donors (Lipinski definition) is 3. The third kappa shape index (κ3) is 9.68. The smallest absolute Gasteiger partial charge is 0.215 e. The van der Waals surface area contributed by atoms with E-state index in [0.29, 0.717) is 26.2 Å². The highest BCUT2D eigenvalue weighted by molar-refractivity contribution is 7.89. The van der Waals surface area contributed by atoms with Crippen molar-refractivity contribution in [1.29, 1.82) is 0 Å². The van der Waals surface area contributed by atoms with E-state index < -0.39 is 10.0 Å². The number of nitrogens with one attached hydrogen (secondary N) is 2. The lowest BCUT2D eigenvalue weighted by atomic mass is 10.1. The first-order chi connectivity index (χ1) is 10.3. The van der Waals surface area contributed by atoms with E-state index in [2.05, 4.69) is 55.6 Å². The van der Waals surface area contributed by atoms with E-state index >= 15 is 0 Å². The highest BCUT2D eigenvalue weighted by atomic mass is 32.2. The van der Waals surface area contributed by atoms with E-state index in [1.807, 2.05) is 0 Å². The van der Waals surface area contributed by atoms with Crippen molar-refractivity contribution in [3.63, 3.8) is 0 Å². The number of benzene rings is 1. The molecule has 0 aliphatic heterocycles. The van der Waals surface area contributed by atoms with Crippen LogP contribution in [0.25, 0.3) is 0 Å². The quantitative estimate of drug-likeness (QED) is 0.496. The van der Waals surface area contributed by atoms with Crippen LogP contribution in [0.4, 0.5) is 0 Å². The molecule has 0 fully saturated rings. The summed E-state index contributed by atoms with van der Waals surface area (Å²) in [6.45, 7) is 12.0. The summed E-state index contributed by atoms with van der Waals surface area (Å²) >= 11 is 0. The second-order valence-corrected chi connectivity index (χ2v) is 6.87. The van der Waals surface area contributed by atoms with Crippen LogP contribution in [0.15, 0.2) is 30.9 Å². The van der Waals surface area contributed by atoms with E-state index in [-0.39, 0.29) is 5.75 Å². The minimum Gasteiger partial charge on any atom is -0.329 e. The summed E-state index contributed by atoms with van der Waals surface area (Å²) < 4.78 is 24.5. The molecular weight excluding hydrogens is 298 g/mol. The van der Waals surface area contributed by atoms with Crippen molar-refractivity contribution >= 4 is 10.0 Å². The van der Waals surface area contributed by atoms with Crippen molar-refractivity contribution in [2.45, 2.75) is 20.8 Å². The first kappa shape index (κ1) is 20.8. The van der Waals surface area contributed by atoms with Crippen molar-refractivity contribution in [2.24, 2.45) is 5.73 Å². The molecule has 0 aromatic heterocycles. The highest BCUT2D eigenvalue weighted by Crippen LogP contribution is 2.09. The molecule has 5 nitrogen and oxygen atoms in total. The number of rotatable bonds is 8. The predicted octanol–water partition coefficient (Wildman–Crippen LogP) is 1.25. The predicted molar refractivity (Wildman–Crippen MR) is 94.6 cm³/mol. The van der Waals surface area contributed by atoms with Crippen LogP contribution in [0.2, 0.25) is 0 Å². The van der Waals surface area contributed by atoms with Crippen molar-refractivity contribution in [3.05, 3.63) is 47.5 Å². The molecule has 0 bridgehead atoms. The normalized spacial score (nSPS) is 10.7. The van der Waals surface area contributed by atoms with Crippen molar-refractivity contribution in [2.75, 3.05) is 31.9 Å². The molecule has 1 rings (SSSR count). The van der Waals surface area contributed by atoms with E-state index in [9.17, 15) is 8.42 Å². The lowest BCUT2D eigenvalue weighted by Crippen LogP contribution is -2.34. The van der Waals surface area contributed by atoms with Gasteiger partial charge >= 0.3 is 0 Å². The van der Waals surface area contributed by atoms with Gasteiger partial charge in [0.25, 0.3) is 0 Å². The second kappa shape index (κ2) is 11.4. The molecule has 0 radical (unpaired) electrons. The van der Waals surface area contributed by atoms with E-state index in [1.165, 1.54) is 22.8 Å². The molecule has 4 N–H and O–H groups in total. The van der Waals surface area contributed by atoms with Gasteiger partial charge in [0.1, 0.15) is 0 Å². The summed E-state index contributed by atoms with van der Waals surface area (Å²) in [4.78, 5) is 0. The number of aryl methyl sites for hydroxylation is 2. The summed E-state index contributed by atoms with van der Waals surface area (Å²) in [5.41, 5.74) is 9.41. The number of hydrogen-bond acceptors (Lipinski definition) is 4. The Morgan fingerprint density at radius 1 is 1.14 bits per heavy atom. The summed E-state index contributed by atoms with van der Waals surface area (Å²) in [6, 6.07) is 6.38. The van der Waals surface area contributed by atoms with Gasteiger partial charge in [-0.2, -0.15) is 0 Å². The molecule has 0 aliphatic carbocycles. The molecule has 0 spiro atoms. The van der Waals surface area contributed by atoms with Gasteiger partial charge in [0, 0.05) is 26.2 Å². The van der Waals surface area contributed by atoms with E-state index in [1.54, 1.807) is 0 Å². The van der Waals surface area contributed by atoms with Crippen LogP contribution < -0.4 is 15.8 Å². The van der Waals surface area contributed by atoms with Crippen LogP contribution in [-0.4, -0.2) is 40.3 Å². The summed E-state index contributed by atoms with van der Waals surface area (Å²) in [7, 11) is -3.16. The lowest BCUT2D eigenvalue weighted by molar-refractivity contribution is 0.579. The Balaban J connectivity index is 0.000000425. The summed E-state index contributed by atoms with van der Waals surface area (Å²) in [5, 5.41) is 2.97. The maximum Gasteiger partial charge on any atom is 0.215 e. The average molecular weight is 327 g/mol. The molecule has 1 aromatic rings. The van der Waals surface area contributed by atoms with Crippen LogP contribution in [0.1, 0.15) is 16.7 Å². The zero-order valence-corrected chi connectivity index (χ0v) is 14.7. The third-order valence-electron chi connectivity index (χ3n) is 3.16. The average Bonchev–Trinajstić information content (AvgIpc) is 2.45. The second-order valence-electron chi connectivity index (χ2n) is 5.02. The fourth-order valence-corrected chi connectivity index (χ4v) is 2.48. The standard InChI is InChI=1S/C9H12.C7H17N3O2S/c1-7-5-4-6-8(2)9(7)3;1-2-7-13(11,12)10-6-5-9-4-3-8/h4-6H,1-3H3;2,9-10H,1,3-8H2. The molecule has 126 valence electrons. The number of nitrogens with two attached hydrogens (primary N) is 1. The van der Waals surface area contributed by atoms with E-state index in [4.69, 9.17) is 5.73 Å². The SMILES string of the molecule is C=CCS(=O)(=O)NCCNCCN.Cc1cccc(C)c1C. The molecule has 6 heteroatoms. The summed E-state index contributed by atoms with van der Waals surface area (Å²) in [5.74, 6) is -0.0378.